The lowest BCUT2D eigenvalue weighted by atomic mass is 9.95. The smallest absolute Gasteiger partial charge is 0.300 e. The number of hydrogen-bond acceptors (Lipinski definition) is 4. The molecule has 0 saturated carbocycles. The number of pyridine rings is 1. The lowest BCUT2D eigenvalue weighted by Gasteiger charge is -2.25. The summed E-state index contributed by atoms with van der Waals surface area (Å²) in [5.41, 5.74) is 1.28. The second-order valence-electron chi connectivity index (χ2n) is 6.30. The van der Waals surface area contributed by atoms with Crippen LogP contribution in [0.2, 0.25) is 0 Å². The van der Waals surface area contributed by atoms with E-state index >= 15 is 0 Å². The van der Waals surface area contributed by atoms with E-state index in [1.54, 1.807) is 48.7 Å². The Morgan fingerprint density at radius 1 is 0.964 bits per heavy atom. The molecule has 1 amide bonds. The minimum Gasteiger partial charge on any atom is -0.507 e. The van der Waals surface area contributed by atoms with Crippen molar-refractivity contribution in [2.75, 3.05) is 4.90 Å². The van der Waals surface area contributed by atoms with Crippen LogP contribution in [0.5, 0.6) is 0 Å². The normalized spacial score (nSPS) is 18.5. The molecular weight excluding hydrogens is 359 g/mol. The van der Waals surface area contributed by atoms with Gasteiger partial charge in [0.25, 0.3) is 11.7 Å². The Balaban J connectivity index is 1.95. The summed E-state index contributed by atoms with van der Waals surface area (Å²) >= 11 is 0. The zero-order valence-corrected chi connectivity index (χ0v) is 14.6. The van der Waals surface area contributed by atoms with Gasteiger partial charge in [0.1, 0.15) is 11.6 Å². The van der Waals surface area contributed by atoms with Crippen LogP contribution in [0, 0.1) is 5.82 Å². The number of anilines is 1. The van der Waals surface area contributed by atoms with Crippen LogP contribution in [0.3, 0.4) is 0 Å². The number of nitrogens with zero attached hydrogens (tertiary/aromatic N) is 2. The van der Waals surface area contributed by atoms with Crippen molar-refractivity contribution in [3.8, 4) is 0 Å². The summed E-state index contributed by atoms with van der Waals surface area (Å²) in [4.78, 5) is 31.0. The van der Waals surface area contributed by atoms with E-state index in [0.717, 1.165) is 0 Å². The zero-order valence-electron chi connectivity index (χ0n) is 14.6. The topological polar surface area (TPSA) is 70.5 Å². The maximum Gasteiger partial charge on any atom is 0.300 e. The molecule has 0 radical (unpaired) electrons. The van der Waals surface area contributed by atoms with Gasteiger partial charge in [0, 0.05) is 11.8 Å². The lowest BCUT2D eigenvalue weighted by molar-refractivity contribution is -0.132. The maximum absolute atomic E-state index is 13.4. The lowest BCUT2D eigenvalue weighted by Crippen LogP contribution is -2.29. The van der Waals surface area contributed by atoms with E-state index in [1.165, 1.54) is 35.4 Å². The van der Waals surface area contributed by atoms with Crippen LogP contribution < -0.4 is 4.90 Å². The molecule has 0 aliphatic carbocycles. The first-order chi connectivity index (χ1) is 13.6. The van der Waals surface area contributed by atoms with Gasteiger partial charge >= 0.3 is 0 Å². The average Bonchev–Trinajstić information content (AvgIpc) is 3.00. The number of aliphatic hydroxyl groups excluding tert-OH is 1. The standard InChI is InChI=1S/C22H15FN2O3/c23-16-10-8-14(9-11-16)19-18(20(26)15-5-2-1-3-6-15)21(27)22(28)25(19)17-7-4-12-24-13-17/h1-13,19,26H/t19-/m1/s1. The Bertz CT molecular complexity index is 1060. The number of benzene rings is 2. The van der Waals surface area contributed by atoms with Gasteiger partial charge in [-0.15, -0.1) is 0 Å². The van der Waals surface area contributed by atoms with Crippen LogP contribution >= 0.6 is 0 Å². The van der Waals surface area contributed by atoms with Gasteiger partial charge in [0.2, 0.25) is 0 Å². The summed E-state index contributed by atoms with van der Waals surface area (Å²) in [5.74, 6) is -2.30. The zero-order chi connectivity index (χ0) is 19.7. The summed E-state index contributed by atoms with van der Waals surface area (Å²) in [6.07, 6.45) is 3.02. The van der Waals surface area contributed by atoms with E-state index in [1.807, 2.05) is 0 Å². The molecule has 1 N–H and O–H groups in total. The molecule has 28 heavy (non-hydrogen) atoms. The predicted molar refractivity (Wildman–Crippen MR) is 102 cm³/mol. The first-order valence-electron chi connectivity index (χ1n) is 8.60. The Morgan fingerprint density at radius 3 is 2.32 bits per heavy atom. The van der Waals surface area contributed by atoms with Crippen molar-refractivity contribution in [2.45, 2.75) is 6.04 Å². The largest absolute Gasteiger partial charge is 0.507 e. The molecule has 1 fully saturated rings. The molecule has 2 heterocycles. The molecule has 0 unspecified atom stereocenters. The molecule has 2 aromatic carbocycles. The van der Waals surface area contributed by atoms with Crippen molar-refractivity contribution in [2.24, 2.45) is 0 Å². The molecule has 1 aliphatic rings. The molecular formula is C22H15FN2O3. The number of carbonyl (C=O) groups is 2. The van der Waals surface area contributed by atoms with Crippen LogP contribution in [0.15, 0.2) is 84.7 Å². The second-order valence-corrected chi connectivity index (χ2v) is 6.30. The van der Waals surface area contributed by atoms with Gasteiger partial charge in [-0.1, -0.05) is 42.5 Å². The molecule has 1 saturated heterocycles. The maximum atomic E-state index is 13.4. The van der Waals surface area contributed by atoms with Crippen LogP contribution in [-0.4, -0.2) is 21.8 Å². The molecule has 4 rings (SSSR count). The third-order valence-electron chi connectivity index (χ3n) is 4.60. The van der Waals surface area contributed by atoms with Gasteiger partial charge < -0.3 is 5.11 Å². The van der Waals surface area contributed by atoms with Crippen molar-refractivity contribution >= 4 is 23.1 Å². The number of aromatic nitrogens is 1. The minimum absolute atomic E-state index is 0.0494. The molecule has 3 aromatic rings. The summed E-state index contributed by atoms with van der Waals surface area (Å²) in [5, 5.41) is 10.8. The summed E-state index contributed by atoms with van der Waals surface area (Å²) in [6.45, 7) is 0. The molecule has 0 spiro atoms. The van der Waals surface area contributed by atoms with Gasteiger partial charge in [0.05, 0.1) is 23.5 Å². The summed E-state index contributed by atoms with van der Waals surface area (Å²) in [6, 6.07) is 16.4. The number of ketones is 1. The Labute approximate surface area is 160 Å². The van der Waals surface area contributed by atoms with Crippen molar-refractivity contribution in [1.29, 1.82) is 0 Å². The number of rotatable bonds is 3. The third kappa shape index (κ3) is 2.95. The molecule has 5 nitrogen and oxygen atoms in total. The van der Waals surface area contributed by atoms with E-state index in [0.29, 0.717) is 16.8 Å². The number of Topliss-reactive ketones (excluding diaryl/α,β-unsaturated/α-hetero) is 1. The van der Waals surface area contributed by atoms with Crippen molar-refractivity contribution < 1.29 is 19.1 Å². The highest BCUT2D eigenvalue weighted by molar-refractivity contribution is 6.51. The van der Waals surface area contributed by atoms with Gasteiger partial charge in [-0.05, 0) is 29.8 Å². The molecule has 1 atom stereocenters. The van der Waals surface area contributed by atoms with E-state index in [4.69, 9.17) is 0 Å². The fourth-order valence-corrected chi connectivity index (χ4v) is 3.31. The number of aliphatic hydroxyl groups is 1. The van der Waals surface area contributed by atoms with Crippen LogP contribution in [0.25, 0.3) is 5.76 Å². The predicted octanol–water partition coefficient (Wildman–Crippen LogP) is 3.85. The summed E-state index contributed by atoms with van der Waals surface area (Å²) < 4.78 is 13.4. The molecule has 1 aromatic heterocycles. The van der Waals surface area contributed by atoms with Crippen molar-refractivity contribution in [3.05, 3.63) is 102 Å². The first-order valence-corrected chi connectivity index (χ1v) is 8.60. The monoisotopic (exact) mass is 374 g/mol. The highest BCUT2D eigenvalue weighted by atomic mass is 19.1. The second kappa shape index (κ2) is 7.08. The highest BCUT2D eigenvalue weighted by Gasteiger charge is 2.47. The van der Waals surface area contributed by atoms with E-state index < -0.39 is 23.5 Å². The van der Waals surface area contributed by atoms with Gasteiger partial charge in [-0.25, -0.2) is 4.39 Å². The fraction of sp³-hybridized carbons (Fsp3) is 0.0455. The SMILES string of the molecule is O=C1C(=O)N(c2cccnc2)[C@H](c2ccc(F)cc2)C1=C(O)c1ccccc1. The van der Waals surface area contributed by atoms with Gasteiger partial charge in [-0.3, -0.25) is 19.5 Å². The molecule has 1 aliphatic heterocycles. The van der Waals surface area contributed by atoms with Crippen LogP contribution in [0.1, 0.15) is 17.2 Å². The van der Waals surface area contributed by atoms with Gasteiger partial charge in [-0.2, -0.15) is 0 Å². The highest BCUT2D eigenvalue weighted by Crippen LogP contribution is 2.41. The molecule has 0 bridgehead atoms. The number of halogens is 1. The minimum atomic E-state index is -0.898. The molecule has 138 valence electrons. The average molecular weight is 374 g/mol. The molecule has 6 heteroatoms. The number of amides is 1. The van der Waals surface area contributed by atoms with Gasteiger partial charge in [0.15, 0.2) is 0 Å². The van der Waals surface area contributed by atoms with Crippen molar-refractivity contribution in [3.63, 3.8) is 0 Å². The first kappa shape index (κ1) is 17.6. The quantitative estimate of drug-likeness (QED) is 0.430. The van der Waals surface area contributed by atoms with E-state index in [-0.39, 0.29) is 11.3 Å². The summed E-state index contributed by atoms with van der Waals surface area (Å²) in [7, 11) is 0. The third-order valence-corrected chi connectivity index (χ3v) is 4.60. The Hall–Kier alpha value is -3.80. The number of hydrogen-bond donors (Lipinski definition) is 1. The Kier molecular flexibility index (Phi) is 4.45. The van der Waals surface area contributed by atoms with E-state index in [9.17, 15) is 19.1 Å². The van der Waals surface area contributed by atoms with E-state index in [2.05, 4.69) is 4.98 Å². The Morgan fingerprint density at radius 2 is 1.68 bits per heavy atom. The van der Waals surface area contributed by atoms with Crippen LogP contribution in [-0.2, 0) is 9.59 Å². The number of carbonyl (C=O) groups excluding carboxylic acids is 2. The van der Waals surface area contributed by atoms with Crippen molar-refractivity contribution in [1.82, 2.24) is 4.98 Å². The fourth-order valence-electron chi connectivity index (χ4n) is 3.31. The van der Waals surface area contributed by atoms with Crippen LogP contribution in [0.4, 0.5) is 10.1 Å².